The fraction of sp³-hybridized carbons (Fsp3) is 0.333. The number of hydrogen-bond donors (Lipinski definition) is 0. The van der Waals surface area contributed by atoms with E-state index >= 15 is 0 Å². The van der Waals surface area contributed by atoms with Crippen LogP contribution in [0, 0.1) is 19.7 Å². The van der Waals surface area contributed by atoms with E-state index in [1.54, 1.807) is 12.4 Å². The molecular formula is C24H24ClFN4S. The standard InChI is InChI=1S/C24H24ClFN4S/c1-15-9-19(17-3-4-21(26)20(25)12-17)24-22(10-15)31-14-30(24)18-5-7-29(8-6-18)23-11-16(2)27-13-28-23/h3-4,9-13,18H,5-8,14H2,1-2H3. The molecule has 7 heteroatoms. The molecule has 2 aliphatic heterocycles. The van der Waals surface area contributed by atoms with Crippen molar-refractivity contribution < 1.29 is 4.39 Å². The van der Waals surface area contributed by atoms with Crippen molar-refractivity contribution >= 4 is 34.9 Å². The van der Waals surface area contributed by atoms with Crippen molar-refractivity contribution in [3.05, 3.63) is 64.8 Å². The zero-order chi connectivity index (χ0) is 21.5. The van der Waals surface area contributed by atoms with Crippen LogP contribution in [0.3, 0.4) is 0 Å². The summed E-state index contributed by atoms with van der Waals surface area (Å²) in [4.78, 5) is 14.9. The average molecular weight is 455 g/mol. The minimum Gasteiger partial charge on any atom is -0.357 e. The Morgan fingerprint density at radius 3 is 2.61 bits per heavy atom. The van der Waals surface area contributed by atoms with Crippen molar-refractivity contribution in [3.8, 4) is 11.1 Å². The molecule has 1 aromatic heterocycles. The van der Waals surface area contributed by atoms with Crippen molar-refractivity contribution in [1.82, 2.24) is 9.97 Å². The van der Waals surface area contributed by atoms with Gasteiger partial charge in [0.1, 0.15) is 18.0 Å². The fourth-order valence-electron chi connectivity index (χ4n) is 4.55. The summed E-state index contributed by atoms with van der Waals surface area (Å²) in [5, 5.41) is 0.165. The van der Waals surface area contributed by atoms with Gasteiger partial charge in [0.2, 0.25) is 0 Å². The van der Waals surface area contributed by atoms with Crippen molar-refractivity contribution in [3.63, 3.8) is 0 Å². The highest BCUT2D eigenvalue weighted by Crippen LogP contribution is 2.48. The van der Waals surface area contributed by atoms with Crippen molar-refractivity contribution in [2.24, 2.45) is 0 Å². The summed E-state index contributed by atoms with van der Waals surface area (Å²) < 4.78 is 13.8. The lowest BCUT2D eigenvalue weighted by Crippen LogP contribution is -2.44. The number of hydrogen-bond acceptors (Lipinski definition) is 5. The first-order valence-electron chi connectivity index (χ1n) is 10.5. The Hall–Kier alpha value is -2.31. The van der Waals surface area contributed by atoms with E-state index in [1.807, 2.05) is 24.8 Å². The van der Waals surface area contributed by atoms with Gasteiger partial charge < -0.3 is 9.80 Å². The van der Waals surface area contributed by atoms with Gasteiger partial charge in [-0.1, -0.05) is 17.7 Å². The van der Waals surface area contributed by atoms with E-state index in [4.69, 9.17) is 11.6 Å². The predicted molar refractivity (Wildman–Crippen MR) is 127 cm³/mol. The Kier molecular flexibility index (Phi) is 5.52. The summed E-state index contributed by atoms with van der Waals surface area (Å²) in [7, 11) is 0. The minimum absolute atomic E-state index is 0.165. The van der Waals surface area contributed by atoms with Gasteiger partial charge in [0.25, 0.3) is 0 Å². The van der Waals surface area contributed by atoms with Crippen LogP contribution in [0.15, 0.2) is 47.6 Å². The van der Waals surface area contributed by atoms with Crippen LogP contribution in [0.5, 0.6) is 0 Å². The average Bonchev–Trinajstić information content (AvgIpc) is 3.19. The third-order valence-electron chi connectivity index (χ3n) is 6.11. The Morgan fingerprint density at radius 1 is 1.06 bits per heavy atom. The molecule has 0 atom stereocenters. The van der Waals surface area contributed by atoms with Gasteiger partial charge in [0.15, 0.2) is 0 Å². The Bertz CT molecular complexity index is 1130. The molecule has 0 unspecified atom stereocenters. The molecule has 1 saturated heterocycles. The normalized spacial score (nSPS) is 16.6. The molecular weight excluding hydrogens is 431 g/mol. The smallest absolute Gasteiger partial charge is 0.141 e. The number of rotatable bonds is 3. The van der Waals surface area contributed by atoms with Gasteiger partial charge in [-0.25, -0.2) is 14.4 Å². The fourth-order valence-corrected chi connectivity index (χ4v) is 5.98. The highest BCUT2D eigenvalue weighted by Gasteiger charge is 2.32. The lowest BCUT2D eigenvalue weighted by atomic mass is 9.97. The van der Waals surface area contributed by atoms with Crippen LogP contribution in [-0.2, 0) is 0 Å². The van der Waals surface area contributed by atoms with Crippen molar-refractivity contribution in [1.29, 1.82) is 0 Å². The summed E-state index contributed by atoms with van der Waals surface area (Å²) >= 11 is 8.00. The summed E-state index contributed by atoms with van der Waals surface area (Å²) in [6.07, 6.45) is 3.79. The number of nitrogens with zero attached hydrogens (tertiary/aromatic N) is 4. The van der Waals surface area contributed by atoms with E-state index in [0.717, 1.165) is 54.4 Å². The molecule has 0 spiro atoms. The molecule has 0 saturated carbocycles. The number of piperidine rings is 1. The maximum absolute atomic E-state index is 13.8. The Morgan fingerprint density at radius 2 is 1.87 bits per heavy atom. The van der Waals surface area contributed by atoms with Crippen LogP contribution < -0.4 is 9.80 Å². The van der Waals surface area contributed by atoms with Crippen LogP contribution in [0.2, 0.25) is 5.02 Å². The van der Waals surface area contributed by atoms with Gasteiger partial charge >= 0.3 is 0 Å². The first kappa shape index (κ1) is 20.6. The lowest BCUT2D eigenvalue weighted by Gasteiger charge is -2.38. The highest BCUT2D eigenvalue weighted by molar-refractivity contribution is 7.99. The van der Waals surface area contributed by atoms with Gasteiger partial charge in [-0.3, -0.25) is 0 Å². The molecule has 2 aliphatic rings. The monoisotopic (exact) mass is 454 g/mol. The number of thioether (sulfide) groups is 1. The summed E-state index contributed by atoms with van der Waals surface area (Å²) in [5.41, 5.74) is 5.56. The van der Waals surface area contributed by atoms with E-state index in [0.29, 0.717) is 6.04 Å². The molecule has 3 heterocycles. The number of fused-ring (bicyclic) bond motifs is 1. The molecule has 0 amide bonds. The molecule has 0 radical (unpaired) electrons. The molecule has 3 aromatic rings. The number of aromatic nitrogens is 2. The van der Waals surface area contributed by atoms with E-state index in [-0.39, 0.29) is 10.8 Å². The van der Waals surface area contributed by atoms with Crippen LogP contribution >= 0.6 is 23.4 Å². The maximum atomic E-state index is 13.8. The largest absolute Gasteiger partial charge is 0.357 e. The van der Waals surface area contributed by atoms with Gasteiger partial charge in [0.05, 0.1) is 16.6 Å². The molecule has 31 heavy (non-hydrogen) atoms. The lowest BCUT2D eigenvalue weighted by molar-refractivity contribution is 0.478. The van der Waals surface area contributed by atoms with Gasteiger partial charge in [-0.05, 0) is 62.1 Å². The van der Waals surface area contributed by atoms with E-state index < -0.39 is 0 Å². The molecule has 2 aromatic carbocycles. The van der Waals surface area contributed by atoms with Crippen LogP contribution in [0.25, 0.3) is 11.1 Å². The van der Waals surface area contributed by atoms with E-state index in [1.165, 1.54) is 22.2 Å². The zero-order valence-electron chi connectivity index (χ0n) is 17.6. The second-order valence-electron chi connectivity index (χ2n) is 8.27. The predicted octanol–water partition coefficient (Wildman–Crippen LogP) is 6.09. The van der Waals surface area contributed by atoms with Crippen LogP contribution in [0.1, 0.15) is 24.1 Å². The SMILES string of the molecule is Cc1cc2c(c(-c3ccc(F)c(Cl)c3)c1)N(C1CCN(c3cc(C)ncn3)CC1)CS2. The van der Waals surface area contributed by atoms with Crippen LogP contribution in [-0.4, -0.2) is 35.0 Å². The first-order chi connectivity index (χ1) is 15.0. The number of anilines is 2. The molecule has 5 rings (SSSR count). The number of aryl methyl sites for hydroxylation is 2. The zero-order valence-corrected chi connectivity index (χ0v) is 19.2. The summed E-state index contributed by atoms with van der Waals surface area (Å²) in [6.45, 7) is 6.06. The first-order valence-corrected chi connectivity index (χ1v) is 11.9. The van der Waals surface area contributed by atoms with E-state index in [9.17, 15) is 4.39 Å². The van der Waals surface area contributed by atoms with Gasteiger partial charge in [-0.15, -0.1) is 11.8 Å². The Labute approximate surface area is 191 Å². The third kappa shape index (κ3) is 3.99. The number of benzene rings is 2. The number of halogens is 2. The molecule has 0 bridgehead atoms. The van der Waals surface area contributed by atoms with Gasteiger partial charge in [-0.2, -0.15) is 0 Å². The molecule has 0 N–H and O–H groups in total. The molecule has 4 nitrogen and oxygen atoms in total. The quantitative estimate of drug-likeness (QED) is 0.478. The molecule has 0 aliphatic carbocycles. The second kappa shape index (κ2) is 8.32. The Balaban J connectivity index is 1.42. The second-order valence-corrected chi connectivity index (χ2v) is 9.66. The topological polar surface area (TPSA) is 32.3 Å². The van der Waals surface area contributed by atoms with E-state index in [2.05, 4.69) is 44.9 Å². The summed E-state index contributed by atoms with van der Waals surface area (Å²) in [5.74, 6) is 1.57. The van der Waals surface area contributed by atoms with Crippen LogP contribution in [0.4, 0.5) is 15.9 Å². The maximum Gasteiger partial charge on any atom is 0.141 e. The highest BCUT2D eigenvalue weighted by atomic mass is 35.5. The van der Waals surface area contributed by atoms with Crippen molar-refractivity contribution in [2.45, 2.75) is 37.6 Å². The summed E-state index contributed by atoms with van der Waals surface area (Å²) in [6, 6.07) is 12.0. The minimum atomic E-state index is -0.381. The molecule has 160 valence electrons. The third-order valence-corrected chi connectivity index (χ3v) is 7.43. The van der Waals surface area contributed by atoms with Crippen molar-refractivity contribution in [2.75, 3.05) is 28.8 Å². The van der Waals surface area contributed by atoms with Gasteiger partial charge in [0, 0.05) is 41.4 Å². The molecule has 1 fully saturated rings.